The second kappa shape index (κ2) is 20.4. The molecule has 0 saturated carbocycles. The molecule has 3 atom stereocenters. The summed E-state index contributed by atoms with van der Waals surface area (Å²) in [6, 6.07) is 19.1. The van der Waals surface area contributed by atoms with E-state index in [9.17, 15) is 41.1 Å². The van der Waals surface area contributed by atoms with Crippen LogP contribution < -0.4 is 15.7 Å². The van der Waals surface area contributed by atoms with E-state index in [-0.39, 0.29) is 42.6 Å². The predicted molar refractivity (Wildman–Crippen MR) is 256 cm³/mol. The van der Waals surface area contributed by atoms with Crippen molar-refractivity contribution in [1.29, 1.82) is 0 Å². The molecule has 3 aliphatic heterocycles. The second-order valence-electron chi connectivity index (χ2n) is 21.1. The standard InChI is InChI=1S/C53H65F5N6O6/c1-50(2,53(56,57)58)34-62(24-22-52(23-29-69-51(3,4)33-52)40-15-17-41(18-16-40)70-48(54)55)32-36-8-12-38(13-9-36)37-10-6-35(7-11-37)31-61-25-27-63(28-26-61)47(67)39-14-19-42-44(30-39)60(5)49(68)64(42)43-20-21-45(65)59-46(43)66/h8-10,12-19,30,35,43,48H,6-7,11,20-29,31-34H2,1-5H3,(H,59,65,66)/t35?,43?,52-/m1/s1. The highest BCUT2D eigenvalue weighted by molar-refractivity contribution is 6.01. The molecule has 12 nitrogen and oxygen atoms in total. The molecular weight excluding hydrogens is 912 g/mol. The summed E-state index contributed by atoms with van der Waals surface area (Å²) in [4.78, 5) is 57.4. The third-order valence-corrected chi connectivity index (χ3v) is 15.1. The van der Waals surface area contributed by atoms with Gasteiger partial charge in [-0.1, -0.05) is 42.5 Å². The Kier molecular flexibility index (Phi) is 14.8. The number of hydrogen-bond acceptors (Lipinski definition) is 8. The van der Waals surface area contributed by atoms with Crippen molar-refractivity contribution in [2.24, 2.45) is 18.4 Å². The van der Waals surface area contributed by atoms with Crippen LogP contribution in [0.2, 0.25) is 0 Å². The Hall–Kier alpha value is -5.39. The number of rotatable bonds is 15. The van der Waals surface area contributed by atoms with E-state index in [4.69, 9.17) is 4.74 Å². The number of aryl methyl sites for hydroxylation is 1. The van der Waals surface area contributed by atoms with Crippen molar-refractivity contribution in [3.05, 3.63) is 106 Å². The normalized spacial score (nSPS) is 22.7. The van der Waals surface area contributed by atoms with Crippen LogP contribution in [0.25, 0.3) is 16.6 Å². The van der Waals surface area contributed by atoms with Crippen LogP contribution in [0.4, 0.5) is 22.0 Å². The van der Waals surface area contributed by atoms with Crippen molar-refractivity contribution < 1.29 is 45.8 Å². The van der Waals surface area contributed by atoms with Crippen molar-refractivity contribution in [2.75, 3.05) is 52.4 Å². The van der Waals surface area contributed by atoms with Crippen LogP contribution in [-0.2, 0) is 33.3 Å². The Balaban J connectivity index is 0.864. The molecule has 1 aliphatic carbocycles. The Morgan fingerprint density at radius 1 is 0.929 bits per heavy atom. The van der Waals surface area contributed by atoms with Crippen LogP contribution >= 0.6 is 0 Å². The fourth-order valence-corrected chi connectivity index (χ4v) is 11.1. The Labute approximate surface area is 405 Å². The molecular formula is C53H65F5N6O6. The summed E-state index contributed by atoms with van der Waals surface area (Å²) in [7, 11) is 1.61. The molecule has 0 radical (unpaired) electrons. The van der Waals surface area contributed by atoms with Gasteiger partial charge < -0.3 is 14.4 Å². The van der Waals surface area contributed by atoms with Gasteiger partial charge in [0.05, 0.1) is 22.0 Å². The molecule has 4 aromatic rings. The minimum Gasteiger partial charge on any atom is -0.435 e. The molecule has 70 heavy (non-hydrogen) atoms. The first kappa shape index (κ1) is 51.0. The summed E-state index contributed by atoms with van der Waals surface area (Å²) in [6.45, 7) is 8.06. The van der Waals surface area contributed by atoms with Gasteiger partial charge in [0.25, 0.3) is 5.91 Å². The van der Waals surface area contributed by atoms with Gasteiger partial charge >= 0.3 is 18.5 Å². The van der Waals surface area contributed by atoms with Crippen molar-refractivity contribution >= 4 is 34.3 Å². The molecule has 0 spiro atoms. The molecule has 378 valence electrons. The molecule has 3 fully saturated rings. The topological polar surface area (TPSA) is 118 Å². The molecule has 4 aliphatic rings. The summed E-state index contributed by atoms with van der Waals surface area (Å²) in [5.41, 5.74) is 2.45. The number of alkyl halides is 5. The fourth-order valence-electron chi connectivity index (χ4n) is 11.1. The highest BCUT2D eigenvalue weighted by Crippen LogP contribution is 2.46. The third-order valence-electron chi connectivity index (χ3n) is 15.1. The number of nitrogens with one attached hydrogen (secondary N) is 1. The van der Waals surface area contributed by atoms with Gasteiger partial charge in [-0.25, -0.2) is 4.79 Å². The van der Waals surface area contributed by atoms with Gasteiger partial charge in [0.2, 0.25) is 11.8 Å². The van der Waals surface area contributed by atoms with Crippen molar-refractivity contribution in [1.82, 2.24) is 29.2 Å². The molecule has 2 unspecified atom stereocenters. The van der Waals surface area contributed by atoms with Gasteiger partial charge in [-0.15, -0.1) is 0 Å². The van der Waals surface area contributed by atoms with Crippen LogP contribution in [0, 0.1) is 11.3 Å². The molecule has 8 rings (SSSR count). The van der Waals surface area contributed by atoms with Crippen LogP contribution in [0.1, 0.15) is 112 Å². The number of benzene rings is 3. The number of amides is 3. The number of piperidine rings is 1. The average molecular weight is 977 g/mol. The lowest BCUT2D eigenvalue weighted by Crippen LogP contribution is -2.49. The first-order valence-corrected chi connectivity index (χ1v) is 24.4. The third kappa shape index (κ3) is 11.4. The van der Waals surface area contributed by atoms with Gasteiger partial charge in [-0.05, 0) is 138 Å². The number of fused-ring (bicyclic) bond motifs is 1. The quantitative estimate of drug-likeness (QED) is 0.0928. The number of piperazine rings is 1. The summed E-state index contributed by atoms with van der Waals surface area (Å²) in [5.74, 6) is -0.472. The first-order valence-electron chi connectivity index (χ1n) is 24.4. The number of ether oxygens (including phenoxy) is 2. The number of halogens is 5. The van der Waals surface area contributed by atoms with E-state index >= 15 is 0 Å². The Morgan fingerprint density at radius 2 is 1.64 bits per heavy atom. The molecule has 3 saturated heterocycles. The lowest BCUT2D eigenvalue weighted by Gasteiger charge is -2.46. The number of carbonyl (C=O) groups excluding carboxylic acids is 3. The zero-order valence-electron chi connectivity index (χ0n) is 40.8. The SMILES string of the molecule is Cn1c(=O)n(C2CCC(=O)NC2=O)c2ccc(C(=O)N3CCN(CC4CC=C(c5ccc(CN(CC[C@@]6(c7ccc(OC(F)F)cc7)CCOC(C)(C)C6)CC(C)(C)C(F)(F)F)cc5)CC4)CC3)cc21. The smallest absolute Gasteiger partial charge is 0.395 e. The summed E-state index contributed by atoms with van der Waals surface area (Å²) in [5, 5.41) is 2.32. The van der Waals surface area contributed by atoms with Gasteiger partial charge in [-0.2, -0.15) is 22.0 Å². The van der Waals surface area contributed by atoms with Gasteiger partial charge in [0.1, 0.15) is 11.8 Å². The number of allylic oxidation sites excluding steroid dienone is 2. The zero-order valence-corrected chi connectivity index (χ0v) is 40.8. The van der Waals surface area contributed by atoms with Crippen LogP contribution in [0.3, 0.4) is 0 Å². The number of carbonyl (C=O) groups is 3. The van der Waals surface area contributed by atoms with E-state index in [0.29, 0.717) is 74.6 Å². The number of imide groups is 1. The zero-order chi connectivity index (χ0) is 50.2. The van der Waals surface area contributed by atoms with E-state index in [1.54, 1.807) is 37.4 Å². The highest BCUT2D eigenvalue weighted by atomic mass is 19.4. The van der Waals surface area contributed by atoms with Crippen molar-refractivity contribution in [2.45, 2.75) is 115 Å². The molecule has 1 N–H and O–H groups in total. The van der Waals surface area contributed by atoms with E-state index in [1.807, 2.05) is 35.8 Å². The maximum atomic E-state index is 14.4. The fraction of sp³-hybridized carbons (Fsp3) is 0.547. The maximum Gasteiger partial charge on any atom is 0.395 e. The lowest BCUT2D eigenvalue weighted by molar-refractivity contribution is -0.217. The van der Waals surface area contributed by atoms with Crippen LogP contribution in [0.15, 0.2) is 77.6 Å². The molecule has 4 heterocycles. The Bertz CT molecular complexity index is 2630. The van der Waals surface area contributed by atoms with Crippen molar-refractivity contribution in [3.8, 4) is 5.75 Å². The number of nitrogens with zero attached hydrogens (tertiary/aromatic N) is 5. The molecule has 17 heteroatoms. The van der Waals surface area contributed by atoms with E-state index in [1.165, 1.54) is 40.7 Å². The highest BCUT2D eigenvalue weighted by Gasteiger charge is 2.49. The second-order valence-corrected chi connectivity index (χ2v) is 21.1. The number of aromatic nitrogens is 2. The Morgan fingerprint density at radius 3 is 2.27 bits per heavy atom. The first-order chi connectivity index (χ1) is 33.1. The molecule has 0 bridgehead atoms. The summed E-state index contributed by atoms with van der Waals surface area (Å²) < 4.78 is 82.6. The monoisotopic (exact) mass is 976 g/mol. The van der Waals surface area contributed by atoms with Gasteiger partial charge in [-0.3, -0.25) is 38.6 Å². The minimum atomic E-state index is -4.41. The summed E-state index contributed by atoms with van der Waals surface area (Å²) >= 11 is 0. The predicted octanol–water partition coefficient (Wildman–Crippen LogP) is 8.87. The van der Waals surface area contributed by atoms with Gasteiger partial charge in [0.15, 0.2) is 0 Å². The lowest BCUT2D eigenvalue weighted by atomic mass is 9.67. The van der Waals surface area contributed by atoms with Crippen molar-refractivity contribution in [3.63, 3.8) is 0 Å². The molecule has 3 amide bonds. The van der Waals surface area contributed by atoms with Crippen LogP contribution in [-0.4, -0.2) is 112 Å². The van der Waals surface area contributed by atoms with E-state index in [2.05, 4.69) is 33.2 Å². The summed E-state index contributed by atoms with van der Waals surface area (Å²) in [6.07, 6.45) is 2.91. The maximum absolute atomic E-state index is 14.4. The largest absolute Gasteiger partial charge is 0.435 e. The van der Waals surface area contributed by atoms with Gasteiger partial charge in [0, 0.05) is 76.9 Å². The van der Waals surface area contributed by atoms with Crippen LogP contribution in [0.5, 0.6) is 5.75 Å². The van der Waals surface area contributed by atoms with E-state index in [0.717, 1.165) is 55.6 Å². The van der Waals surface area contributed by atoms with E-state index < -0.39 is 41.2 Å². The minimum absolute atomic E-state index is 0.0519. The number of imidazole rings is 1. The number of hydrogen-bond donors (Lipinski definition) is 1. The molecule has 3 aromatic carbocycles. The average Bonchev–Trinajstić information content (AvgIpc) is 3.55. The molecule has 1 aromatic heterocycles.